The molecule has 0 saturated carbocycles. The first kappa shape index (κ1) is 12.6. The fraction of sp³-hybridized carbons (Fsp3) is 0.385. The van der Waals surface area contributed by atoms with E-state index in [1.54, 1.807) is 17.0 Å². The van der Waals surface area contributed by atoms with E-state index in [1.807, 2.05) is 6.92 Å². The number of carbonyl (C=O) groups is 2. The minimum absolute atomic E-state index is 0.0467. The standard InChI is InChI=1S/C13H15NO4/c1-9-8-18-7-6-14(9)12(15)10-2-4-11(5-3-10)13(16)17/h2-5,9H,6-8H2,1H3,(H,16,17). The Morgan fingerprint density at radius 2 is 1.89 bits per heavy atom. The predicted molar refractivity (Wildman–Crippen MR) is 64.7 cm³/mol. The minimum atomic E-state index is -0.992. The maximum absolute atomic E-state index is 12.2. The quantitative estimate of drug-likeness (QED) is 0.856. The van der Waals surface area contributed by atoms with Crippen LogP contribution < -0.4 is 0 Å². The fourth-order valence-corrected chi connectivity index (χ4v) is 1.95. The summed E-state index contributed by atoms with van der Waals surface area (Å²) in [5.41, 5.74) is 0.690. The van der Waals surface area contributed by atoms with Gasteiger partial charge in [-0.2, -0.15) is 0 Å². The molecule has 1 atom stereocenters. The number of morpholine rings is 1. The molecule has 0 aromatic heterocycles. The first-order valence-electron chi connectivity index (χ1n) is 5.81. The van der Waals surface area contributed by atoms with Crippen molar-refractivity contribution in [3.8, 4) is 0 Å². The summed E-state index contributed by atoms with van der Waals surface area (Å²) >= 11 is 0. The SMILES string of the molecule is CC1COCCN1C(=O)c1ccc(C(=O)O)cc1. The third-order valence-corrected chi connectivity index (χ3v) is 3.01. The van der Waals surface area contributed by atoms with Gasteiger partial charge in [-0.1, -0.05) is 0 Å². The number of carbonyl (C=O) groups excluding carboxylic acids is 1. The molecule has 0 bridgehead atoms. The van der Waals surface area contributed by atoms with Gasteiger partial charge in [-0.05, 0) is 31.2 Å². The van der Waals surface area contributed by atoms with E-state index in [4.69, 9.17) is 9.84 Å². The first-order valence-corrected chi connectivity index (χ1v) is 5.81. The van der Waals surface area contributed by atoms with Gasteiger partial charge in [-0.15, -0.1) is 0 Å². The number of aromatic carboxylic acids is 1. The van der Waals surface area contributed by atoms with Gasteiger partial charge in [0.15, 0.2) is 0 Å². The number of nitrogens with zero attached hydrogens (tertiary/aromatic N) is 1. The van der Waals surface area contributed by atoms with Crippen LogP contribution in [0.5, 0.6) is 0 Å². The summed E-state index contributed by atoms with van der Waals surface area (Å²) < 4.78 is 5.28. The molecule has 1 fully saturated rings. The van der Waals surface area contributed by atoms with Crippen LogP contribution in [-0.4, -0.2) is 47.7 Å². The molecule has 1 unspecified atom stereocenters. The molecule has 2 rings (SSSR count). The van der Waals surface area contributed by atoms with Gasteiger partial charge in [0.05, 0.1) is 24.8 Å². The number of carboxylic acids is 1. The lowest BCUT2D eigenvalue weighted by molar-refractivity contribution is 0.00359. The van der Waals surface area contributed by atoms with E-state index in [2.05, 4.69) is 0 Å². The Morgan fingerprint density at radius 1 is 1.28 bits per heavy atom. The van der Waals surface area contributed by atoms with E-state index in [9.17, 15) is 9.59 Å². The number of hydrogen-bond acceptors (Lipinski definition) is 3. The van der Waals surface area contributed by atoms with Gasteiger partial charge in [0.2, 0.25) is 0 Å². The van der Waals surface area contributed by atoms with E-state index in [0.29, 0.717) is 25.3 Å². The number of rotatable bonds is 2. The third-order valence-electron chi connectivity index (χ3n) is 3.01. The normalized spacial score (nSPS) is 19.6. The number of ether oxygens (including phenoxy) is 1. The molecule has 18 heavy (non-hydrogen) atoms. The first-order chi connectivity index (χ1) is 8.59. The van der Waals surface area contributed by atoms with Crippen molar-refractivity contribution < 1.29 is 19.4 Å². The van der Waals surface area contributed by atoms with Crippen LogP contribution in [0.4, 0.5) is 0 Å². The van der Waals surface area contributed by atoms with Gasteiger partial charge in [-0.25, -0.2) is 4.79 Å². The second kappa shape index (κ2) is 5.18. The smallest absolute Gasteiger partial charge is 0.335 e. The van der Waals surface area contributed by atoms with E-state index in [-0.39, 0.29) is 17.5 Å². The van der Waals surface area contributed by atoms with Crippen LogP contribution in [0.25, 0.3) is 0 Å². The fourth-order valence-electron chi connectivity index (χ4n) is 1.95. The molecule has 1 aliphatic rings. The second-order valence-corrected chi connectivity index (χ2v) is 4.30. The van der Waals surface area contributed by atoms with Gasteiger partial charge in [0, 0.05) is 12.1 Å². The molecule has 1 heterocycles. The van der Waals surface area contributed by atoms with Crippen LogP contribution in [0.3, 0.4) is 0 Å². The summed E-state index contributed by atoms with van der Waals surface area (Å²) in [6.07, 6.45) is 0. The highest BCUT2D eigenvalue weighted by molar-refractivity contribution is 5.96. The zero-order valence-corrected chi connectivity index (χ0v) is 10.1. The average Bonchev–Trinajstić information content (AvgIpc) is 2.38. The molecule has 0 aliphatic carbocycles. The molecule has 1 aliphatic heterocycles. The van der Waals surface area contributed by atoms with Crippen LogP contribution in [0.2, 0.25) is 0 Å². The zero-order valence-electron chi connectivity index (χ0n) is 10.1. The van der Waals surface area contributed by atoms with E-state index >= 15 is 0 Å². The summed E-state index contributed by atoms with van der Waals surface area (Å²) in [5, 5.41) is 8.79. The van der Waals surface area contributed by atoms with Crippen molar-refractivity contribution in [1.82, 2.24) is 4.90 Å². The Morgan fingerprint density at radius 3 is 2.44 bits per heavy atom. The highest BCUT2D eigenvalue weighted by Crippen LogP contribution is 2.13. The summed E-state index contributed by atoms with van der Waals surface area (Å²) in [7, 11) is 0. The Kier molecular flexibility index (Phi) is 3.62. The number of carboxylic acid groups (broad SMARTS) is 1. The highest BCUT2D eigenvalue weighted by Gasteiger charge is 2.24. The van der Waals surface area contributed by atoms with Crippen molar-refractivity contribution in [3.63, 3.8) is 0 Å². The highest BCUT2D eigenvalue weighted by atomic mass is 16.5. The molecule has 5 heteroatoms. The lowest BCUT2D eigenvalue weighted by Crippen LogP contribution is -2.47. The van der Waals surface area contributed by atoms with Gasteiger partial charge < -0.3 is 14.7 Å². The molecule has 0 radical (unpaired) electrons. The Hall–Kier alpha value is -1.88. The van der Waals surface area contributed by atoms with Crippen molar-refractivity contribution in [2.24, 2.45) is 0 Å². The summed E-state index contributed by atoms with van der Waals surface area (Å²) in [4.78, 5) is 24.7. The maximum Gasteiger partial charge on any atom is 0.335 e. The van der Waals surface area contributed by atoms with Crippen molar-refractivity contribution in [2.45, 2.75) is 13.0 Å². The van der Waals surface area contributed by atoms with E-state index in [0.717, 1.165) is 0 Å². The largest absolute Gasteiger partial charge is 0.478 e. The Labute approximate surface area is 105 Å². The molecule has 1 saturated heterocycles. The third kappa shape index (κ3) is 2.51. The van der Waals surface area contributed by atoms with Crippen LogP contribution in [0, 0.1) is 0 Å². The van der Waals surface area contributed by atoms with Gasteiger partial charge >= 0.3 is 5.97 Å². The molecule has 1 aromatic carbocycles. The van der Waals surface area contributed by atoms with E-state index in [1.165, 1.54) is 12.1 Å². The molecular formula is C13H15NO4. The van der Waals surface area contributed by atoms with Crippen molar-refractivity contribution >= 4 is 11.9 Å². The van der Waals surface area contributed by atoms with Crippen LogP contribution >= 0.6 is 0 Å². The van der Waals surface area contributed by atoms with Crippen LogP contribution in [0.15, 0.2) is 24.3 Å². The summed E-state index contributed by atoms with van der Waals surface area (Å²) in [5.74, 6) is -1.07. The molecule has 5 nitrogen and oxygen atoms in total. The molecule has 0 spiro atoms. The van der Waals surface area contributed by atoms with Gasteiger partial charge in [0.1, 0.15) is 0 Å². The van der Waals surface area contributed by atoms with Crippen molar-refractivity contribution in [3.05, 3.63) is 35.4 Å². The van der Waals surface area contributed by atoms with Crippen molar-refractivity contribution in [2.75, 3.05) is 19.8 Å². The van der Waals surface area contributed by atoms with Crippen molar-refractivity contribution in [1.29, 1.82) is 0 Å². The minimum Gasteiger partial charge on any atom is -0.478 e. The Balaban J connectivity index is 2.15. The van der Waals surface area contributed by atoms with Gasteiger partial charge in [0.25, 0.3) is 5.91 Å². The molecule has 1 aromatic rings. The van der Waals surface area contributed by atoms with Crippen LogP contribution in [-0.2, 0) is 4.74 Å². The lowest BCUT2D eigenvalue weighted by atomic mass is 10.1. The Bertz CT molecular complexity index is 455. The molecule has 96 valence electrons. The number of hydrogen-bond donors (Lipinski definition) is 1. The topological polar surface area (TPSA) is 66.8 Å². The van der Waals surface area contributed by atoms with E-state index < -0.39 is 5.97 Å². The molecular weight excluding hydrogens is 234 g/mol. The number of amides is 1. The zero-order chi connectivity index (χ0) is 13.1. The van der Waals surface area contributed by atoms with Crippen LogP contribution in [0.1, 0.15) is 27.6 Å². The summed E-state index contributed by atoms with van der Waals surface area (Å²) in [6.45, 7) is 3.59. The predicted octanol–water partition coefficient (Wildman–Crippen LogP) is 1.25. The monoisotopic (exact) mass is 249 g/mol. The lowest BCUT2D eigenvalue weighted by Gasteiger charge is -2.33. The summed E-state index contributed by atoms with van der Waals surface area (Å²) in [6, 6.07) is 6.04. The molecule has 1 N–H and O–H groups in total. The second-order valence-electron chi connectivity index (χ2n) is 4.30. The van der Waals surface area contributed by atoms with Gasteiger partial charge in [-0.3, -0.25) is 4.79 Å². The number of benzene rings is 1. The average molecular weight is 249 g/mol. The molecule has 1 amide bonds. The maximum atomic E-state index is 12.2.